The molecule has 0 fully saturated rings. The molecule has 0 bridgehead atoms. The van der Waals surface area contributed by atoms with Crippen LogP contribution >= 0.6 is 23.1 Å². The number of nitrogens with zero attached hydrogens (tertiary/aromatic N) is 2. The van der Waals surface area contributed by atoms with Crippen molar-refractivity contribution >= 4 is 45.1 Å². The maximum Gasteiger partial charge on any atom is 0.340 e. The van der Waals surface area contributed by atoms with Gasteiger partial charge in [0.25, 0.3) is 5.56 Å². The number of hydrogen-bond acceptors (Lipinski definition) is 7. The van der Waals surface area contributed by atoms with Crippen molar-refractivity contribution < 1.29 is 14.3 Å². The SMILES string of the molecule is CCOC(=O)c1c(C)[nH]c(C(=O)CSc2nc3sc4c(c3c(=O)n2CC)CCCC4)c1C. The van der Waals surface area contributed by atoms with E-state index < -0.39 is 5.97 Å². The fraction of sp³-hybridized carbons (Fsp3) is 0.478. The molecule has 7 nitrogen and oxygen atoms in total. The lowest BCUT2D eigenvalue weighted by atomic mass is 9.97. The summed E-state index contributed by atoms with van der Waals surface area (Å²) in [4.78, 5) is 48.3. The van der Waals surface area contributed by atoms with Gasteiger partial charge in [-0.2, -0.15) is 0 Å². The molecule has 3 aromatic heterocycles. The number of aryl methyl sites for hydroxylation is 3. The van der Waals surface area contributed by atoms with Crippen molar-refractivity contribution in [2.45, 2.75) is 65.1 Å². The number of esters is 1. The summed E-state index contributed by atoms with van der Waals surface area (Å²) in [6.07, 6.45) is 4.21. The molecule has 1 aliphatic rings. The average Bonchev–Trinajstić information content (AvgIpc) is 3.28. The van der Waals surface area contributed by atoms with Crippen LogP contribution in [0.5, 0.6) is 0 Å². The Morgan fingerprint density at radius 2 is 1.97 bits per heavy atom. The fourth-order valence-electron chi connectivity index (χ4n) is 4.35. The minimum absolute atomic E-state index is 0.0108. The number of nitrogens with one attached hydrogen (secondary N) is 1. The normalized spacial score (nSPS) is 13.4. The smallest absolute Gasteiger partial charge is 0.340 e. The molecule has 170 valence electrons. The molecule has 3 heterocycles. The van der Waals surface area contributed by atoms with Gasteiger partial charge in [-0.3, -0.25) is 14.2 Å². The number of aromatic nitrogens is 3. The molecule has 32 heavy (non-hydrogen) atoms. The molecule has 0 amide bonds. The van der Waals surface area contributed by atoms with E-state index in [1.54, 1.807) is 36.7 Å². The van der Waals surface area contributed by atoms with Crippen molar-refractivity contribution in [3.05, 3.63) is 43.3 Å². The van der Waals surface area contributed by atoms with Gasteiger partial charge in [0, 0.05) is 17.1 Å². The standard InChI is InChI=1S/C23H27N3O4S2/c1-5-26-21(28)18-14-9-7-8-10-16(14)32-20(18)25-23(26)31-11-15(27)19-12(3)17(13(4)24-19)22(29)30-6-2/h24H,5-11H2,1-4H3. The Morgan fingerprint density at radius 3 is 2.69 bits per heavy atom. The molecule has 0 saturated carbocycles. The van der Waals surface area contributed by atoms with Gasteiger partial charge in [-0.25, -0.2) is 9.78 Å². The number of thioether (sulfide) groups is 1. The van der Waals surface area contributed by atoms with Gasteiger partial charge >= 0.3 is 5.97 Å². The van der Waals surface area contributed by atoms with E-state index in [2.05, 4.69) is 4.98 Å². The van der Waals surface area contributed by atoms with E-state index in [0.29, 0.717) is 34.2 Å². The zero-order valence-corrected chi connectivity index (χ0v) is 20.4. The summed E-state index contributed by atoms with van der Waals surface area (Å²) in [6.45, 7) is 7.94. The number of hydrogen-bond donors (Lipinski definition) is 1. The van der Waals surface area contributed by atoms with Crippen LogP contribution < -0.4 is 5.56 Å². The molecule has 4 rings (SSSR count). The Balaban J connectivity index is 1.62. The number of thiophene rings is 1. The van der Waals surface area contributed by atoms with Crippen LogP contribution in [0.25, 0.3) is 10.2 Å². The minimum Gasteiger partial charge on any atom is -0.462 e. The first kappa shape index (κ1) is 22.8. The molecule has 0 atom stereocenters. The molecule has 0 aromatic carbocycles. The maximum absolute atomic E-state index is 13.2. The quantitative estimate of drug-likeness (QED) is 0.236. The highest BCUT2D eigenvalue weighted by molar-refractivity contribution is 7.99. The van der Waals surface area contributed by atoms with Crippen molar-refractivity contribution in [3.8, 4) is 0 Å². The average molecular weight is 474 g/mol. The molecular weight excluding hydrogens is 446 g/mol. The highest BCUT2D eigenvalue weighted by Gasteiger charge is 2.25. The van der Waals surface area contributed by atoms with E-state index in [0.717, 1.165) is 35.9 Å². The second-order valence-electron chi connectivity index (χ2n) is 7.89. The summed E-state index contributed by atoms with van der Waals surface area (Å²) >= 11 is 2.88. The highest BCUT2D eigenvalue weighted by atomic mass is 32.2. The van der Waals surface area contributed by atoms with E-state index in [-0.39, 0.29) is 23.7 Å². The van der Waals surface area contributed by atoms with E-state index in [4.69, 9.17) is 9.72 Å². The molecular formula is C23H27N3O4S2. The van der Waals surface area contributed by atoms with Crippen LogP contribution in [0, 0.1) is 13.8 Å². The summed E-state index contributed by atoms with van der Waals surface area (Å²) < 4.78 is 6.77. The zero-order valence-electron chi connectivity index (χ0n) is 18.8. The number of Topliss-reactive ketones (excluding diaryl/α,β-unsaturated/α-hetero) is 1. The zero-order chi connectivity index (χ0) is 23.0. The van der Waals surface area contributed by atoms with Gasteiger partial charge < -0.3 is 9.72 Å². The molecule has 0 aliphatic heterocycles. The van der Waals surface area contributed by atoms with Gasteiger partial charge in [-0.05, 0) is 64.5 Å². The summed E-state index contributed by atoms with van der Waals surface area (Å²) in [5.74, 6) is -0.459. The van der Waals surface area contributed by atoms with Crippen LogP contribution in [0.15, 0.2) is 9.95 Å². The van der Waals surface area contributed by atoms with Crippen LogP contribution in [0.1, 0.15) is 69.2 Å². The van der Waals surface area contributed by atoms with E-state index in [1.807, 2.05) is 6.92 Å². The first-order valence-corrected chi connectivity index (χ1v) is 12.7. The van der Waals surface area contributed by atoms with Gasteiger partial charge in [0.2, 0.25) is 0 Å². The molecule has 9 heteroatoms. The molecule has 1 N–H and O–H groups in total. The molecule has 0 radical (unpaired) electrons. The van der Waals surface area contributed by atoms with Crippen LogP contribution in [0.2, 0.25) is 0 Å². The number of rotatable bonds is 7. The number of fused-ring (bicyclic) bond motifs is 3. The predicted octanol–water partition coefficient (Wildman–Crippen LogP) is 4.45. The van der Waals surface area contributed by atoms with Crippen LogP contribution in [0.4, 0.5) is 0 Å². The lowest BCUT2D eigenvalue weighted by molar-refractivity contribution is 0.0525. The van der Waals surface area contributed by atoms with Crippen molar-refractivity contribution in [1.82, 2.24) is 14.5 Å². The molecule has 3 aromatic rings. The van der Waals surface area contributed by atoms with Crippen molar-refractivity contribution in [2.24, 2.45) is 0 Å². The molecule has 0 spiro atoms. The van der Waals surface area contributed by atoms with Gasteiger partial charge in [0.1, 0.15) is 4.83 Å². The minimum atomic E-state index is -0.431. The molecule has 0 saturated heterocycles. The van der Waals surface area contributed by atoms with E-state index in [9.17, 15) is 14.4 Å². The number of carbonyl (C=O) groups excluding carboxylic acids is 2. The Labute approximate surface area is 194 Å². The second-order valence-corrected chi connectivity index (χ2v) is 9.92. The maximum atomic E-state index is 13.2. The van der Waals surface area contributed by atoms with Crippen LogP contribution in [-0.2, 0) is 24.1 Å². The summed E-state index contributed by atoms with van der Waals surface area (Å²) in [5, 5.41) is 1.32. The number of H-pyrrole nitrogens is 1. The Bertz CT molecular complexity index is 1270. The van der Waals surface area contributed by atoms with Crippen LogP contribution in [-0.4, -0.2) is 38.6 Å². The second kappa shape index (κ2) is 9.23. The Morgan fingerprint density at radius 1 is 1.22 bits per heavy atom. The molecule has 1 aliphatic carbocycles. The Kier molecular flexibility index (Phi) is 6.57. The first-order valence-electron chi connectivity index (χ1n) is 10.9. The van der Waals surface area contributed by atoms with Gasteiger partial charge in [0.05, 0.1) is 29.0 Å². The monoisotopic (exact) mass is 473 g/mol. The number of ketones is 1. The summed E-state index contributed by atoms with van der Waals surface area (Å²) in [5.41, 5.74) is 3.18. The lowest BCUT2D eigenvalue weighted by Crippen LogP contribution is -2.23. The van der Waals surface area contributed by atoms with Crippen molar-refractivity contribution in [3.63, 3.8) is 0 Å². The first-order chi connectivity index (χ1) is 15.4. The predicted molar refractivity (Wildman–Crippen MR) is 127 cm³/mol. The fourth-order valence-corrected chi connectivity index (χ4v) is 6.59. The third kappa shape index (κ3) is 3.92. The lowest BCUT2D eigenvalue weighted by Gasteiger charge is -2.12. The highest BCUT2D eigenvalue weighted by Crippen LogP contribution is 2.34. The van der Waals surface area contributed by atoms with Crippen LogP contribution in [0.3, 0.4) is 0 Å². The third-order valence-corrected chi connectivity index (χ3v) is 8.05. The van der Waals surface area contributed by atoms with Crippen molar-refractivity contribution in [2.75, 3.05) is 12.4 Å². The number of ether oxygens (including phenoxy) is 1. The topological polar surface area (TPSA) is 94.1 Å². The molecule has 0 unspecified atom stereocenters. The van der Waals surface area contributed by atoms with Crippen molar-refractivity contribution in [1.29, 1.82) is 0 Å². The summed E-state index contributed by atoms with van der Waals surface area (Å²) in [7, 11) is 0. The van der Waals surface area contributed by atoms with E-state index >= 15 is 0 Å². The van der Waals surface area contributed by atoms with Gasteiger partial charge in [-0.1, -0.05) is 11.8 Å². The van der Waals surface area contributed by atoms with Gasteiger partial charge in [0.15, 0.2) is 10.9 Å². The Hall–Kier alpha value is -2.39. The summed E-state index contributed by atoms with van der Waals surface area (Å²) in [6, 6.07) is 0. The van der Waals surface area contributed by atoms with Gasteiger partial charge in [-0.15, -0.1) is 11.3 Å². The number of carbonyl (C=O) groups is 2. The van der Waals surface area contributed by atoms with E-state index in [1.165, 1.54) is 22.2 Å². The number of aromatic amines is 1. The third-order valence-electron chi connectivity index (χ3n) is 5.88. The largest absolute Gasteiger partial charge is 0.462 e.